The molecule has 27 heavy (non-hydrogen) atoms. The minimum Gasteiger partial charge on any atom is -0.380 e. The van der Waals surface area contributed by atoms with Gasteiger partial charge in [0.05, 0.1) is 11.4 Å². The maximum atomic E-state index is 13.3. The molecule has 4 nitrogen and oxygen atoms in total. The first-order chi connectivity index (χ1) is 13.1. The van der Waals surface area contributed by atoms with Gasteiger partial charge >= 0.3 is 0 Å². The zero-order valence-corrected chi connectivity index (χ0v) is 14.1. The third-order valence-electron chi connectivity index (χ3n) is 4.25. The quantitative estimate of drug-likeness (QED) is 0.561. The maximum Gasteiger partial charge on any atom is 0.140 e. The number of nitrogens with zero attached hydrogens (tertiary/aromatic N) is 2. The first-order valence-electron chi connectivity index (χ1n) is 8.31. The van der Waals surface area contributed by atoms with Gasteiger partial charge in [0.25, 0.3) is 0 Å². The first-order valence-corrected chi connectivity index (χ1v) is 8.31. The molecule has 0 unspecified atom stereocenters. The third-order valence-corrected chi connectivity index (χ3v) is 4.25. The Morgan fingerprint density at radius 3 is 2.00 bits per heavy atom. The second-order valence-corrected chi connectivity index (χ2v) is 6.04. The van der Waals surface area contributed by atoms with Crippen molar-refractivity contribution in [1.29, 1.82) is 0 Å². The minimum atomic E-state index is -1.06. The van der Waals surface area contributed by atoms with Crippen molar-refractivity contribution in [1.82, 2.24) is 15.0 Å². The summed E-state index contributed by atoms with van der Waals surface area (Å²) in [7, 11) is 0. The molecule has 4 rings (SSSR count). The highest BCUT2D eigenvalue weighted by molar-refractivity contribution is 5.78. The van der Waals surface area contributed by atoms with E-state index in [0.717, 1.165) is 5.56 Å². The van der Waals surface area contributed by atoms with Gasteiger partial charge in [-0.2, -0.15) is 0 Å². The molecule has 0 fully saturated rings. The first kappa shape index (κ1) is 17.1. The number of benzene rings is 2. The van der Waals surface area contributed by atoms with Gasteiger partial charge in [0.1, 0.15) is 23.6 Å². The third kappa shape index (κ3) is 3.47. The largest absolute Gasteiger partial charge is 0.380 e. The average molecular weight is 363 g/mol. The molecule has 0 aliphatic rings. The molecule has 0 spiro atoms. The highest BCUT2D eigenvalue weighted by Gasteiger charge is 2.20. The zero-order valence-electron chi connectivity index (χ0n) is 14.1. The fourth-order valence-corrected chi connectivity index (χ4v) is 2.87. The van der Waals surface area contributed by atoms with E-state index in [1.54, 1.807) is 24.5 Å². The lowest BCUT2D eigenvalue weighted by atomic mass is 10.1. The number of imidazole rings is 1. The minimum absolute atomic E-state index is 0.313. The number of aliphatic hydroxyl groups is 1. The summed E-state index contributed by atoms with van der Waals surface area (Å²) in [6.07, 6.45) is 2.25. The number of aromatic nitrogens is 3. The Morgan fingerprint density at radius 1 is 0.778 bits per heavy atom. The van der Waals surface area contributed by atoms with Crippen LogP contribution in [0.4, 0.5) is 8.78 Å². The number of aliphatic hydroxyl groups excluding tert-OH is 1. The SMILES string of the molecule is O[C@H](c1ccc(F)cc1)c1nc(-c2ccc(F)cc2)c(-c2ccncc2)[nH]1. The summed E-state index contributed by atoms with van der Waals surface area (Å²) < 4.78 is 26.5. The molecule has 2 aromatic carbocycles. The Balaban J connectivity index is 1.82. The molecule has 0 saturated heterocycles. The second-order valence-electron chi connectivity index (χ2n) is 6.04. The fourth-order valence-electron chi connectivity index (χ4n) is 2.87. The van der Waals surface area contributed by atoms with Crippen molar-refractivity contribution in [3.05, 3.63) is 96.1 Å². The van der Waals surface area contributed by atoms with Crippen LogP contribution < -0.4 is 0 Å². The number of H-pyrrole nitrogens is 1. The number of hydrogen-bond donors (Lipinski definition) is 2. The van der Waals surface area contributed by atoms with Gasteiger partial charge in [0.2, 0.25) is 0 Å². The van der Waals surface area contributed by atoms with Crippen molar-refractivity contribution in [3.63, 3.8) is 0 Å². The lowest BCUT2D eigenvalue weighted by Gasteiger charge is -2.07. The Bertz CT molecular complexity index is 1050. The van der Waals surface area contributed by atoms with E-state index in [1.807, 2.05) is 12.1 Å². The van der Waals surface area contributed by atoms with Crippen molar-refractivity contribution >= 4 is 0 Å². The number of aromatic amines is 1. The van der Waals surface area contributed by atoms with Gasteiger partial charge in [-0.25, -0.2) is 13.8 Å². The van der Waals surface area contributed by atoms with Gasteiger partial charge in [-0.1, -0.05) is 12.1 Å². The van der Waals surface area contributed by atoms with Crippen molar-refractivity contribution in [2.24, 2.45) is 0 Å². The van der Waals surface area contributed by atoms with Crippen molar-refractivity contribution < 1.29 is 13.9 Å². The van der Waals surface area contributed by atoms with Gasteiger partial charge in [0, 0.05) is 23.5 Å². The second kappa shape index (κ2) is 7.09. The molecule has 0 aliphatic carbocycles. The van der Waals surface area contributed by atoms with Gasteiger partial charge in [0.15, 0.2) is 0 Å². The van der Waals surface area contributed by atoms with E-state index in [0.29, 0.717) is 28.3 Å². The van der Waals surface area contributed by atoms with Crippen LogP contribution in [0.25, 0.3) is 22.5 Å². The molecule has 2 N–H and O–H groups in total. The summed E-state index contributed by atoms with van der Waals surface area (Å²) >= 11 is 0. The van der Waals surface area contributed by atoms with Gasteiger partial charge in [-0.3, -0.25) is 4.98 Å². The molecule has 6 heteroatoms. The Hall–Kier alpha value is -3.38. The number of hydrogen-bond acceptors (Lipinski definition) is 3. The normalized spacial score (nSPS) is 12.1. The van der Waals surface area contributed by atoms with Crippen LogP contribution in [0.5, 0.6) is 0 Å². The van der Waals surface area contributed by atoms with Gasteiger partial charge < -0.3 is 10.1 Å². The summed E-state index contributed by atoms with van der Waals surface area (Å²) in [5.41, 5.74) is 3.31. The van der Waals surface area contributed by atoms with E-state index in [1.165, 1.54) is 36.4 Å². The summed E-state index contributed by atoms with van der Waals surface area (Å²) in [5.74, 6) is -0.408. The Labute approximate surface area is 154 Å². The average Bonchev–Trinajstić information content (AvgIpc) is 3.15. The smallest absolute Gasteiger partial charge is 0.140 e. The lowest BCUT2D eigenvalue weighted by molar-refractivity contribution is 0.211. The van der Waals surface area contributed by atoms with Crippen LogP contribution in [0.2, 0.25) is 0 Å². The lowest BCUT2D eigenvalue weighted by Crippen LogP contribution is -2.02. The summed E-state index contributed by atoms with van der Waals surface area (Å²) in [6, 6.07) is 15.2. The molecule has 2 aromatic heterocycles. The molecule has 1 atom stereocenters. The van der Waals surface area contributed by atoms with E-state index >= 15 is 0 Å². The monoisotopic (exact) mass is 363 g/mol. The summed E-state index contributed by atoms with van der Waals surface area (Å²) in [6.45, 7) is 0. The number of halogens is 2. The maximum absolute atomic E-state index is 13.3. The van der Waals surface area contributed by atoms with E-state index in [9.17, 15) is 13.9 Å². The van der Waals surface area contributed by atoms with Crippen LogP contribution in [-0.4, -0.2) is 20.1 Å². The Kier molecular flexibility index (Phi) is 4.48. The van der Waals surface area contributed by atoms with Gasteiger partial charge in [-0.05, 0) is 54.1 Å². The van der Waals surface area contributed by atoms with Crippen LogP contribution in [0.15, 0.2) is 73.1 Å². The molecule has 134 valence electrons. The van der Waals surface area contributed by atoms with Crippen molar-refractivity contribution in [2.75, 3.05) is 0 Å². The topological polar surface area (TPSA) is 61.8 Å². The predicted octanol–water partition coefficient (Wildman–Crippen LogP) is 4.50. The standard InChI is InChI=1S/C21H15F2N3O/c22-16-5-1-13(2-6-16)18-19(14-9-11-24-12-10-14)26-21(25-18)20(27)15-3-7-17(23)8-4-15/h1-12,20,27H,(H,25,26)/t20-/m1/s1. The molecule has 2 heterocycles. The number of rotatable bonds is 4. The van der Waals surface area contributed by atoms with Crippen molar-refractivity contribution in [3.8, 4) is 22.5 Å². The Morgan fingerprint density at radius 2 is 1.37 bits per heavy atom. The number of nitrogens with one attached hydrogen (secondary N) is 1. The highest BCUT2D eigenvalue weighted by Crippen LogP contribution is 2.32. The van der Waals surface area contributed by atoms with Crippen LogP contribution in [-0.2, 0) is 0 Å². The molecule has 0 saturated carbocycles. The van der Waals surface area contributed by atoms with Crippen LogP contribution in [0.1, 0.15) is 17.5 Å². The molecular weight excluding hydrogens is 348 g/mol. The molecule has 0 bridgehead atoms. The predicted molar refractivity (Wildman–Crippen MR) is 97.7 cm³/mol. The molecule has 0 radical (unpaired) electrons. The van der Waals surface area contributed by atoms with E-state index in [-0.39, 0.29) is 11.6 Å². The van der Waals surface area contributed by atoms with Crippen LogP contribution >= 0.6 is 0 Å². The molecule has 0 amide bonds. The highest BCUT2D eigenvalue weighted by atomic mass is 19.1. The summed E-state index contributed by atoms with van der Waals surface area (Å²) in [5, 5.41) is 10.7. The van der Waals surface area contributed by atoms with Crippen LogP contribution in [0, 0.1) is 11.6 Å². The molecule has 4 aromatic rings. The number of pyridine rings is 1. The van der Waals surface area contributed by atoms with E-state index < -0.39 is 6.10 Å². The summed E-state index contributed by atoms with van der Waals surface area (Å²) in [4.78, 5) is 11.7. The van der Waals surface area contributed by atoms with E-state index in [4.69, 9.17) is 0 Å². The van der Waals surface area contributed by atoms with Crippen molar-refractivity contribution in [2.45, 2.75) is 6.10 Å². The van der Waals surface area contributed by atoms with E-state index in [2.05, 4.69) is 15.0 Å². The van der Waals surface area contributed by atoms with Crippen LogP contribution in [0.3, 0.4) is 0 Å². The van der Waals surface area contributed by atoms with Gasteiger partial charge in [-0.15, -0.1) is 0 Å². The zero-order chi connectivity index (χ0) is 18.8. The fraction of sp³-hybridized carbons (Fsp3) is 0.0476. The molecule has 0 aliphatic heterocycles. The molecular formula is C21H15F2N3O.